The van der Waals surface area contributed by atoms with Gasteiger partial charge in [-0.15, -0.1) is 0 Å². The van der Waals surface area contributed by atoms with Gasteiger partial charge in [-0.25, -0.2) is 0 Å². The summed E-state index contributed by atoms with van der Waals surface area (Å²) in [6, 6.07) is 21.4. The Bertz CT molecular complexity index is 1280. The highest BCUT2D eigenvalue weighted by Gasteiger charge is 2.49. The highest BCUT2D eigenvalue weighted by molar-refractivity contribution is 5.66. The second-order valence-electron chi connectivity index (χ2n) is 9.29. The van der Waals surface area contributed by atoms with E-state index in [4.69, 9.17) is 14.2 Å². The van der Waals surface area contributed by atoms with Gasteiger partial charge in [0.15, 0.2) is 6.29 Å². The molecule has 0 aliphatic carbocycles. The van der Waals surface area contributed by atoms with E-state index in [1.54, 1.807) is 0 Å². The van der Waals surface area contributed by atoms with Gasteiger partial charge >= 0.3 is 0 Å². The summed E-state index contributed by atoms with van der Waals surface area (Å²) in [4.78, 5) is 21.5. The Morgan fingerprint density at radius 3 is 2.32 bits per heavy atom. The fraction of sp³-hybridized carbons (Fsp3) is 0.333. The van der Waals surface area contributed by atoms with Crippen LogP contribution in [0, 0.1) is 20.2 Å². The zero-order valence-electron chi connectivity index (χ0n) is 20.3. The van der Waals surface area contributed by atoms with E-state index in [2.05, 4.69) is 5.32 Å². The molecule has 2 heterocycles. The van der Waals surface area contributed by atoms with E-state index in [0.717, 1.165) is 23.3 Å². The third kappa shape index (κ3) is 5.50. The van der Waals surface area contributed by atoms with Crippen LogP contribution < -0.4 is 5.32 Å². The quantitative estimate of drug-likeness (QED) is 0.323. The van der Waals surface area contributed by atoms with Crippen molar-refractivity contribution in [2.75, 3.05) is 5.32 Å². The van der Waals surface area contributed by atoms with Gasteiger partial charge in [-0.3, -0.25) is 20.2 Å². The van der Waals surface area contributed by atoms with Crippen LogP contribution in [0.25, 0.3) is 0 Å². The van der Waals surface area contributed by atoms with E-state index in [-0.39, 0.29) is 18.4 Å². The van der Waals surface area contributed by atoms with Gasteiger partial charge in [-0.1, -0.05) is 60.7 Å². The van der Waals surface area contributed by atoms with Gasteiger partial charge in [0.25, 0.3) is 11.4 Å². The number of anilines is 1. The number of nitrogens with zero attached hydrogens (tertiary/aromatic N) is 2. The lowest BCUT2D eigenvalue weighted by atomic mass is 9.88. The number of rotatable bonds is 8. The molecule has 5 rings (SSSR count). The number of nitrogens with one attached hydrogen (secondary N) is 1. The highest BCUT2D eigenvalue weighted by atomic mass is 16.7. The van der Waals surface area contributed by atoms with Crippen molar-refractivity contribution in [2.45, 2.75) is 56.2 Å². The van der Waals surface area contributed by atoms with Crippen molar-refractivity contribution in [3.63, 3.8) is 0 Å². The fourth-order valence-electron chi connectivity index (χ4n) is 4.94. The van der Waals surface area contributed by atoms with E-state index in [0.29, 0.717) is 12.8 Å². The predicted molar refractivity (Wildman–Crippen MR) is 136 cm³/mol. The van der Waals surface area contributed by atoms with Gasteiger partial charge in [0.1, 0.15) is 23.9 Å². The first-order valence-electron chi connectivity index (χ1n) is 12.3. The molecule has 2 aliphatic heterocycles. The summed E-state index contributed by atoms with van der Waals surface area (Å²) in [5.41, 5.74) is 0.950. The minimum Gasteiger partial charge on any atom is -0.388 e. The van der Waals surface area contributed by atoms with Gasteiger partial charge in [-0.05, 0) is 30.0 Å². The number of aliphatic hydroxyl groups is 1. The first-order chi connectivity index (χ1) is 18.4. The Hall–Kier alpha value is -3.90. The van der Waals surface area contributed by atoms with Gasteiger partial charge in [0, 0.05) is 6.07 Å². The summed E-state index contributed by atoms with van der Waals surface area (Å²) < 4.78 is 18.6. The molecule has 2 saturated heterocycles. The molecule has 2 N–H and O–H groups in total. The van der Waals surface area contributed by atoms with Crippen molar-refractivity contribution in [1.29, 1.82) is 0 Å². The number of benzene rings is 3. The molecular formula is C27H27N3O8. The summed E-state index contributed by atoms with van der Waals surface area (Å²) in [6.45, 7) is 0.184. The number of nitro benzene ring substituents is 2. The van der Waals surface area contributed by atoms with Gasteiger partial charge < -0.3 is 24.6 Å². The molecule has 0 spiro atoms. The van der Waals surface area contributed by atoms with E-state index in [9.17, 15) is 25.3 Å². The predicted octanol–water partition coefficient (Wildman–Crippen LogP) is 4.51. The van der Waals surface area contributed by atoms with Crippen LogP contribution in [-0.4, -0.2) is 45.6 Å². The number of nitro groups is 2. The minimum absolute atomic E-state index is 0.00423. The van der Waals surface area contributed by atoms with E-state index in [1.807, 2.05) is 60.7 Å². The van der Waals surface area contributed by atoms with Crippen LogP contribution >= 0.6 is 0 Å². The Morgan fingerprint density at radius 2 is 1.63 bits per heavy atom. The van der Waals surface area contributed by atoms with Crippen molar-refractivity contribution >= 4 is 17.1 Å². The normalized spacial score (nSPS) is 26.8. The molecular weight excluding hydrogens is 494 g/mol. The van der Waals surface area contributed by atoms with E-state index >= 15 is 0 Å². The first kappa shape index (κ1) is 25.7. The number of ether oxygens (including phenoxy) is 3. The highest BCUT2D eigenvalue weighted by Crippen LogP contribution is 2.40. The smallest absolute Gasteiger partial charge is 0.299 e. The van der Waals surface area contributed by atoms with Crippen LogP contribution in [0.15, 0.2) is 78.9 Å². The zero-order valence-corrected chi connectivity index (χ0v) is 20.3. The van der Waals surface area contributed by atoms with Crippen LogP contribution in [0.2, 0.25) is 0 Å². The molecule has 6 unspecified atom stereocenters. The average Bonchev–Trinajstić information content (AvgIpc) is 2.94. The number of fused-ring (bicyclic) bond motifs is 1. The number of aliphatic hydroxyl groups excluding tert-OH is 1. The average molecular weight is 522 g/mol. The monoisotopic (exact) mass is 521 g/mol. The molecule has 11 heteroatoms. The zero-order chi connectivity index (χ0) is 26.6. The molecule has 0 bridgehead atoms. The fourth-order valence-corrected chi connectivity index (χ4v) is 4.94. The van der Waals surface area contributed by atoms with Crippen molar-refractivity contribution < 1.29 is 29.2 Å². The lowest BCUT2D eigenvalue weighted by molar-refractivity contribution is -0.393. The Kier molecular flexibility index (Phi) is 7.61. The van der Waals surface area contributed by atoms with Crippen LogP contribution in [0.3, 0.4) is 0 Å². The molecule has 0 amide bonds. The minimum atomic E-state index is -1.16. The van der Waals surface area contributed by atoms with E-state index in [1.165, 1.54) is 6.07 Å². The van der Waals surface area contributed by atoms with Gasteiger partial charge in [0.2, 0.25) is 0 Å². The second kappa shape index (κ2) is 11.2. The third-order valence-corrected chi connectivity index (χ3v) is 6.85. The Labute approximate surface area is 218 Å². The maximum Gasteiger partial charge on any atom is 0.299 e. The number of non-ortho nitro benzene ring substituents is 1. The molecule has 6 atom stereocenters. The van der Waals surface area contributed by atoms with Crippen molar-refractivity contribution in [2.24, 2.45) is 0 Å². The molecule has 2 fully saturated rings. The second-order valence-corrected chi connectivity index (χ2v) is 9.29. The van der Waals surface area contributed by atoms with Crippen LogP contribution in [-0.2, 0) is 20.8 Å². The molecule has 198 valence electrons. The molecule has 0 aromatic heterocycles. The van der Waals surface area contributed by atoms with Crippen LogP contribution in [0.4, 0.5) is 17.1 Å². The number of hydrogen-bond donors (Lipinski definition) is 2. The number of hydrogen-bond acceptors (Lipinski definition) is 9. The van der Waals surface area contributed by atoms with Crippen LogP contribution in [0.1, 0.15) is 30.1 Å². The van der Waals surface area contributed by atoms with Crippen molar-refractivity contribution in [3.8, 4) is 0 Å². The van der Waals surface area contributed by atoms with Gasteiger partial charge in [-0.2, -0.15) is 0 Å². The van der Waals surface area contributed by atoms with Crippen LogP contribution in [0.5, 0.6) is 0 Å². The maximum absolute atomic E-state index is 11.7. The first-order valence-corrected chi connectivity index (χ1v) is 12.3. The lowest BCUT2D eigenvalue weighted by Gasteiger charge is -2.48. The Morgan fingerprint density at radius 1 is 0.921 bits per heavy atom. The molecule has 2 aliphatic rings. The largest absolute Gasteiger partial charge is 0.388 e. The summed E-state index contributed by atoms with van der Waals surface area (Å²) in [7, 11) is 0. The summed E-state index contributed by atoms with van der Waals surface area (Å²) in [5.74, 6) is 0. The van der Waals surface area contributed by atoms with Crippen molar-refractivity contribution in [3.05, 3.63) is 110 Å². The molecule has 38 heavy (non-hydrogen) atoms. The molecule has 0 radical (unpaired) electrons. The lowest BCUT2D eigenvalue weighted by Crippen LogP contribution is -2.62. The summed E-state index contributed by atoms with van der Waals surface area (Å²) in [6.07, 6.45) is -2.23. The van der Waals surface area contributed by atoms with E-state index < -0.39 is 51.9 Å². The summed E-state index contributed by atoms with van der Waals surface area (Å²) in [5, 5.41) is 37.4. The topological polar surface area (TPSA) is 146 Å². The molecule has 3 aromatic carbocycles. The molecule has 3 aromatic rings. The standard InChI is InChI=1S/C27H27N3O8/c31-25-24(28-20-12-11-19(29(32)33)15-21(20)30(34)35)27(36-16-17-7-3-1-4-8-17)38-23-14-13-22(37-26(23)25)18-9-5-2-6-10-18/h1-12,15,22-28,31H,13-14,16H2. The Balaban J connectivity index is 1.42. The molecule has 0 saturated carbocycles. The third-order valence-electron chi connectivity index (χ3n) is 6.85. The molecule has 11 nitrogen and oxygen atoms in total. The summed E-state index contributed by atoms with van der Waals surface area (Å²) >= 11 is 0. The van der Waals surface area contributed by atoms with Gasteiger partial charge in [0.05, 0.1) is 34.7 Å². The SMILES string of the molecule is O=[N+]([O-])c1ccc(NC2C(OCc3ccccc3)OC3CCC(c4ccccc4)OC3C2O)c([N+](=O)[O-])c1. The maximum atomic E-state index is 11.7. The van der Waals surface area contributed by atoms with Crippen molar-refractivity contribution in [1.82, 2.24) is 0 Å².